The van der Waals surface area contributed by atoms with Gasteiger partial charge >= 0.3 is 0 Å². The van der Waals surface area contributed by atoms with E-state index in [0.29, 0.717) is 17.5 Å². The maximum Gasteiger partial charge on any atom is 0.164 e. The lowest BCUT2D eigenvalue weighted by Crippen LogP contribution is -2.00. The predicted octanol–water partition coefficient (Wildman–Crippen LogP) is 14.7. The summed E-state index contributed by atoms with van der Waals surface area (Å²) in [5.74, 6) is 1.93. The summed E-state index contributed by atoms with van der Waals surface area (Å²) in [6.45, 7) is 0. The number of benzene rings is 9. The lowest BCUT2D eigenvalue weighted by atomic mass is 9.97. The number of aromatic nitrogens is 5. The third-order valence-corrected chi connectivity index (χ3v) is 12.0. The van der Waals surface area contributed by atoms with Crippen molar-refractivity contribution < 1.29 is 0 Å². The Morgan fingerprint density at radius 3 is 1.41 bits per heavy atom. The Morgan fingerprint density at radius 2 is 0.762 bits per heavy atom. The maximum atomic E-state index is 5.25. The van der Waals surface area contributed by atoms with Crippen LogP contribution in [0.2, 0.25) is 0 Å². The highest BCUT2D eigenvalue weighted by molar-refractivity contribution is 6.27. The molecule has 0 spiro atoms. The van der Waals surface area contributed by atoms with E-state index in [0.717, 1.165) is 77.7 Å². The normalized spacial score (nSPS) is 11.5. The minimum atomic E-state index is 0.636. The van der Waals surface area contributed by atoms with Crippen molar-refractivity contribution >= 4 is 43.5 Å². The average Bonchev–Trinajstić information content (AvgIpc) is 3.71. The molecule has 0 aliphatic rings. The van der Waals surface area contributed by atoms with Crippen molar-refractivity contribution in [3.8, 4) is 73.4 Å². The molecular formula is C58H37N5. The first-order valence-corrected chi connectivity index (χ1v) is 21.2. The van der Waals surface area contributed by atoms with Gasteiger partial charge in [-0.25, -0.2) is 19.9 Å². The number of para-hydroxylation sites is 2. The zero-order chi connectivity index (χ0) is 41.7. The fourth-order valence-corrected chi connectivity index (χ4v) is 9.01. The highest BCUT2D eigenvalue weighted by Gasteiger charge is 2.20. The van der Waals surface area contributed by atoms with Gasteiger partial charge in [-0.3, -0.25) is 0 Å². The largest absolute Gasteiger partial charge is 0.309 e. The minimum Gasteiger partial charge on any atom is -0.309 e. The van der Waals surface area contributed by atoms with Crippen LogP contribution in [0.1, 0.15) is 0 Å². The van der Waals surface area contributed by atoms with Crippen molar-refractivity contribution in [1.82, 2.24) is 24.5 Å². The summed E-state index contributed by atoms with van der Waals surface area (Å²) >= 11 is 0. The van der Waals surface area contributed by atoms with E-state index >= 15 is 0 Å². The lowest BCUT2D eigenvalue weighted by Gasteiger charge is -2.14. The number of hydrogen-bond donors (Lipinski definition) is 0. The Morgan fingerprint density at radius 1 is 0.286 bits per heavy atom. The number of nitrogens with zero attached hydrogens (tertiary/aromatic N) is 5. The molecule has 0 fully saturated rings. The van der Waals surface area contributed by atoms with Gasteiger partial charge in [0.1, 0.15) is 0 Å². The van der Waals surface area contributed by atoms with E-state index < -0.39 is 0 Å². The molecule has 5 nitrogen and oxygen atoms in total. The van der Waals surface area contributed by atoms with E-state index in [-0.39, 0.29) is 0 Å². The van der Waals surface area contributed by atoms with Gasteiger partial charge in [0.2, 0.25) is 0 Å². The van der Waals surface area contributed by atoms with Crippen LogP contribution in [0.15, 0.2) is 224 Å². The van der Waals surface area contributed by atoms with Crippen LogP contribution in [0.4, 0.5) is 0 Å². The number of rotatable bonds is 7. The van der Waals surface area contributed by atoms with Crippen molar-refractivity contribution in [1.29, 1.82) is 0 Å². The molecule has 0 bridgehead atoms. The topological polar surface area (TPSA) is 56.5 Å². The lowest BCUT2D eigenvalue weighted by molar-refractivity contribution is 1.07. The number of fused-ring (bicyclic) bond motifs is 7. The zero-order valence-electron chi connectivity index (χ0n) is 34.1. The first-order valence-electron chi connectivity index (χ1n) is 21.2. The molecule has 0 atom stereocenters. The summed E-state index contributed by atoms with van der Waals surface area (Å²) in [6, 6.07) is 78.8. The molecule has 63 heavy (non-hydrogen) atoms. The first kappa shape index (κ1) is 36.3. The molecule has 3 aromatic heterocycles. The van der Waals surface area contributed by atoms with Crippen molar-refractivity contribution in [2.24, 2.45) is 0 Å². The van der Waals surface area contributed by atoms with Gasteiger partial charge in [0.25, 0.3) is 0 Å². The molecule has 3 heterocycles. The standard InChI is InChI=1S/C58H37N5/c1-5-16-40(17-6-1)54-50-35-34-48-47-33-32-44(37-52(47)63(46-24-11-4-12-25-46)55(48)53(50)49-26-13-14-27-51(49)59-54)39-30-28-38(29-31-39)43-22-15-23-45(36-43)58-61-56(41-18-7-2-8-19-41)60-57(62-58)42-20-9-3-10-21-42/h1-37H. The molecule has 0 aliphatic carbocycles. The summed E-state index contributed by atoms with van der Waals surface area (Å²) in [4.78, 5) is 20.1. The van der Waals surface area contributed by atoms with Gasteiger partial charge in [-0.2, -0.15) is 0 Å². The molecule has 0 N–H and O–H groups in total. The predicted molar refractivity (Wildman–Crippen MR) is 260 cm³/mol. The van der Waals surface area contributed by atoms with Crippen LogP contribution in [-0.4, -0.2) is 24.5 Å². The molecule has 0 amide bonds. The van der Waals surface area contributed by atoms with Gasteiger partial charge in [-0.05, 0) is 52.6 Å². The molecule has 5 heteroatoms. The molecule has 0 saturated heterocycles. The van der Waals surface area contributed by atoms with Crippen LogP contribution in [0, 0.1) is 0 Å². The zero-order valence-corrected chi connectivity index (χ0v) is 34.1. The number of hydrogen-bond acceptors (Lipinski definition) is 4. The fourth-order valence-electron chi connectivity index (χ4n) is 9.01. The Hall–Kier alpha value is -8.54. The molecule has 0 saturated carbocycles. The third-order valence-electron chi connectivity index (χ3n) is 12.0. The second kappa shape index (κ2) is 15.2. The van der Waals surface area contributed by atoms with Crippen LogP contribution in [0.3, 0.4) is 0 Å². The van der Waals surface area contributed by atoms with E-state index in [9.17, 15) is 0 Å². The van der Waals surface area contributed by atoms with Crippen molar-refractivity contribution in [3.63, 3.8) is 0 Å². The molecule has 9 aromatic carbocycles. The quantitative estimate of drug-likeness (QED) is 0.151. The van der Waals surface area contributed by atoms with Gasteiger partial charge in [0.05, 0.1) is 22.2 Å². The minimum absolute atomic E-state index is 0.636. The smallest absolute Gasteiger partial charge is 0.164 e. The van der Waals surface area contributed by atoms with Gasteiger partial charge in [-0.1, -0.05) is 194 Å². The van der Waals surface area contributed by atoms with Gasteiger partial charge < -0.3 is 4.57 Å². The van der Waals surface area contributed by atoms with Crippen LogP contribution in [0.5, 0.6) is 0 Å². The second-order valence-electron chi connectivity index (χ2n) is 15.8. The third kappa shape index (κ3) is 6.42. The van der Waals surface area contributed by atoms with E-state index in [1.165, 1.54) is 21.7 Å². The molecule has 294 valence electrons. The Labute approximate surface area is 364 Å². The van der Waals surface area contributed by atoms with Crippen LogP contribution in [0.25, 0.3) is 117 Å². The highest BCUT2D eigenvalue weighted by atomic mass is 15.0. The van der Waals surface area contributed by atoms with Gasteiger partial charge in [0.15, 0.2) is 17.5 Å². The Balaban J connectivity index is 0.973. The molecule has 12 aromatic rings. The molecular weight excluding hydrogens is 767 g/mol. The second-order valence-corrected chi connectivity index (χ2v) is 15.8. The van der Waals surface area contributed by atoms with Crippen LogP contribution in [-0.2, 0) is 0 Å². The summed E-state index contributed by atoms with van der Waals surface area (Å²) in [7, 11) is 0. The molecule has 0 aliphatic heterocycles. The molecule has 0 unspecified atom stereocenters. The summed E-state index contributed by atoms with van der Waals surface area (Å²) < 4.78 is 2.45. The van der Waals surface area contributed by atoms with E-state index in [2.05, 4.69) is 168 Å². The van der Waals surface area contributed by atoms with Gasteiger partial charge in [0, 0.05) is 54.9 Å². The van der Waals surface area contributed by atoms with Crippen molar-refractivity contribution in [2.75, 3.05) is 0 Å². The summed E-state index contributed by atoms with van der Waals surface area (Å²) in [5.41, 5.74) is 13.8. The SMILES string of the molecule is c1ccc(-c2nc(-c3ccccc3)nc(-c3cccc(-c4ccc(-c5ccc6c7ccc8c(-c9ccccc9)nc9ccccc9c8c7n(-c7ccccc7)c6c5)cc4)c3)n2)cc1. The first-order chi connectivity index (χ1) is 31.2. The number of pyridine rings is 1. The van der Waals surface area contributed by atoms with E-state index in [1.807, 2.05) is 60.7 Å². The fraction of sp³-hybridized carbons (Fsp3) is 0. The molecule has 0 radical (unpaired) electrons. The van der Waals surface area contributed by atoms with Crippen LogP contribution < -0.4 is 0 Å². The highest BCUT2D eigenvalue weighted by Crippen LogP contribution is 2.43. The Kier molecular flexibility index (Phi) is 8.75. The Bertz CT molecular complexity index is 3580. The van der Waals surface area contributed by atoms with E-state index in [4.69, 9.17) is 19.9 Å². The van der Waals surface area contributed by atoms with Gasteiger partial charge in [-0.15, -0.1) is 0 Å². The van der Waals surface area contributed by atoms with Crippen molar-refractivity contribution in [3.05, 3.63) is 224 Å². The molecule has 12 rings (SSSR count). The summed E-state index contributed by atoms with van der Waals surface area (Å²) in [5, 5.41) is 5.90. The average molecular weight is 804 g/mol. The van der Waals surface area contributed by atoms with E-state index in [1.54, 1.807) is 0 Å². The van der Waals surface area contributed by atoms with Crippen molar-refractivity contribution in [2.45, 2.75) is 0 Å². The maximum absolute atomic E-state index is 5.25. The summed E-state index contributed by atoms with van der Waals surface area (Å²) in [6.07, 6.45) is 0. The monoisotopic (exact) mass is 803 g/mol. The van der Waals surface area contributed by atoms with Crippen LogP contribution >= 0.6 is 0 Å².